The minimum atomic E-state index is -0.295. The van der Waals surface area contributed by atoms with E-state index in [1.165, 1.54) is 5.56 Å². The summed E-state index contributed by atoms with van der Waals surface area (Å²) in [6.07, 6.45) is 2.59. The number of nitrogens with zero attached hydrogens (tertiary/aromatic N) is 4. The molecule has 5 rings (SSSR count). The largest absolute Gasteiger partial charge is 0.455 e. The van der Waals surface area contributed by atoms with E-state index in [-0.39, 0.29) is 11.6 Å². The van der Waals surface area contributed by atoms with Crippen molar-refractivity contribution in [1.82, 2.24) is 24.8 Å². The van der Waals surface area contributed by atoms with Gasteiger partial charge in [-0.2, -0.15) is 0 Å². The average Bonchev–Trinajstić information content (AvgIpc) is 3.23. The van der Waals surface area contributed by atoms with Gasteiger partial charge in [0.25, 0.3) is 5.91 Å². The Morgan fingerprint density at radius 1 is 1.14 bits per heavy atom. The van der Waals surface area contributed by atoms with Crippen molar-refractivity contribution in [2.45, 2.75) is 13.3 Å². The third-order valence-corrected chi connectivity index (χ3v) is 6.62. The summed E-state index contributed by atoms with van der Waals surface area (Å²) in [6, 6.07) is 16.0. The van der Waals surface area contributed by atoms with E-state index in [4.69, 9.17) is 14.5 Å². The van der Waals surface area contributed by atoms with Crippen molar-refractivity contribution in [3.05, 3.63) is 71.5 Å². The number of rotatable bonds is 8. The SMILES string of the molecule is CNC(=O)c1nccc(C)c1Oc1ccc2c(c1)nc(Nc1cccc(CCN3CCOCC3)c1)n2C. The highest BCUT2D eigenvalue weighted by atomic mass is 16.5. The molecular weight excluding hydrogens is 468 g/mol. The number of nitrogens with one attached hydrogen (secondary N) is 2. The molecule has 0 unspecified atom stereocenters. The number of imidazole rings is 1. The molecule has 0 spiro atoms. The summed E-state index contributed by atoms with van der Waals surface area (Å²) in [6.45, 7) is 6.55. The molecule has 9 nitrogen and oxygen atoms in total. The van der Waals surface area contributed by atoms with Gasteiger partial charge in [-0.25, -0.2) is 9.97 Å². The molecule has 1 fully saturated rings. The van der Waals surface area contributed by atoms with E-state index in [0.717, 1.165) is 67.5 Å². The maximum absolute atomic E-state index is 12.3. The Labute approximate surface area is 216 Å². The predicted octanol–water partition coefficient (Wildman–Crippen LogP) is 4.05. The van der Waals surface area contributed by atoms with E-state index >= 15 is 0 Å². The van der Waals surface area contributed by atoms with Crippen LogP contribution in [0.3, 0.4) is 0 Å². The molecule has 0 bridgehead atoms. The Balaban J connectivity index is 1.33. The van der Waals surface area contributed by atoms with Gasteiger partial charge in [-0.05, 0) is 54.8 Å². The smallest absolute Gasteiger partial charge is 0.273 e. The normalized spacial score (nSPS) is 14.0. The number of morpholine rings is 1. The average molecular weight is 501 g/mol. The first-order valence-electron chi connectivity index (χ1n) is 12.5. The number of carbonyl (C=O) groups excluding carboxylic acids is 1. The fraction of sp³-hybridized carbons (Fsp3) is 0.321. The maximum Gasteiger partial charge on any atom is 0.273 e. The number of benzene rings is 2. The van der Waals surface area contributed by atoms with Crippen LogP contribution in [0.2, 0.25) is 0 Å². The number of amides is 1. The number of hydrogen-bond donors (Lipinski definition) is 2. The zero-order valence-corrected chi connectivity index (χ0v) is 21.5. The Hall–Kier alpha value is -3.95. The summed E-state index contributed by atoms with van der Waals surface area (Å²) in [7, 11) is 3.56. The Bertz CT molecular complexity index is 1410. The topological polar surface area (TPSA) is 93.5 Å². The van der Waals surface area contributed by atoms with Crippen LogP contribution < -0.4 is 15.4 Å². The number of ether oxygens (including phenoxy) is 2. The van der Waals surface area contributed by atoms with Gasteiger partial charge in [0.05, 0.1) is 24.2 Å². The van der Waals surface area contributed by atoms with Gasteiger partial charge < -0.3 is 24.7 Å². The molecule has 1 saturated heterocycles. The van der Waals surface area contributed by atoms with E-state index in [1.54, 1.807) is 13.2 Å². The van der Waals surface area contributed by atoms with Crippen LogP contribution in [-0.2, 0) is 18.2 Å². The molecule has 2 aromatic heterocycles. The van der Waals surface area contributed by atoms with E-state index in [9.17, 15) is 4.79 Å². The molecule has 2 aromatic carbocycles. The summed E-state index contributed by atoms with van der Waals surface area (Å²) < 4.78 is 13.6. The lowest BCUT2D eigenvalue weighted by Gasteiger charge is -2.26. The van der Waals surface area contributed by atoms with Crippen LogP contribution in [0.5, 0.6) is 11.5 Å². The molecule has 0 atom stereocenters. The summed E-state index contributed by atoms with van der Waals surface area (Å²) in [5.41, 5.74) is 5.10. The van der Waals surface area contributed by atoms with Crippen LogP contribution >= 0.6 is 0 Å². The van der Waals surface area contributed by atoms with Crippen LogP contribution in [0.1, 0.15) is 21.6 Å². The van der Waals surface area contributed by atoms with Crippen LogP contribution in [0.4, 0.5) is 11.6 Å². The summed E-state index contributed by atoms with van der Waals surface area (Å²) in [4.78, 5) is 23.7. The first kappa shape index (κ1) is 24.7. The third-order valence-electron chi connectivity index (χ3n) is 6.62. The maximum atomic E-state index is 12.3. The lowest BCUT2D eigenvalue weighted by molar-refractivity contribution is 0.0384. The number of aryl methyl sites for hydroxylation is 2. The van der Waals surface area contributed by atoms with Gasteiger partial charge in [-0.1, -0.05) is 12.1 Å². The minimum Gasteiger partial charge on any atom is -0.455 e. The second-order valence-electron chi connectivity index (χ2n) is 9.16. The van der Waals surface area contributed by atoms with Crippen LogP contribution in [0.15, 0.2) is 54.7 Å². The zero-order chi connectivity index (χ0) is 25.8. The summed E-state index contributed by atoms with van der Waals surface area (Å²) in [5.74, 6) is 1.46. The van der Waals surface area contributed by atoms with E-state index < -0.39 is 0 Å². The number of anilines is 2. The number of pyridine rings is 1. The van der Waals surface area contributed by atoms with Gasteiger partial charge in [-0.3, -0.25) is 9.69 Å². The fourth-order valence-electron chi connectivity index (χ4n) is 4.47. The second-order valence-corrected chi connectivity index (χ2v) is 9.16. The van der Waals surface area contributed by atoms with Crippen LogP contribution in [0.25, 0.3) is 11.0 Å². The molecule has 0 radical (unpaired) electrons. The highest BCUT2D eigenvalue weighted by Crippen LogP contribution is 2.31. The molecule has 37 heavy (non-hydrogen) atoms. The molecule has 0 aliphatic carbocycles. The first-order chi connectivity index (χ1) is 18.0. The van der Waals surface area contributed by atoms with Crippen molar-refractivity contribution in [1.29, 1.82) is 0 Å². The lowest BCUT2D eigenvalue weighted by atomic mass is 10.1. The van der Waals surface area contributed by atoms with Crippen molar-refractivity contribution in [3.63, 3.8) is 0 Å². The molecular formula is C28H32N6O3. The van der Waals surface area contributed by atoms with Crippen molar-refractivity contribution in [2.75, 3.05) is 45.2 Å². The molecule has 192 valence electrons. The van der Waals surface area contributed by atoms with Gasteiger partial charge in [0, 0.05) is 51.7 Å². The molecule has 3 heterocycles. The number of aromatic nitrogens is 3. The lowest BCUT2D eigenvalue weighted by Crippen LogP contribution is -2.37. The molecule has 4 aromatic rings. The summed E-state index contributed by atoms with van der Waals surface area (Å²) >= 11 is 0. The Kier molecular flexibility index (Phi) is 7.34. The van der Waals surface area contributed by atoms with Gasteiger partial charge in [0.2, 0.25) is 5.95 Å². The van der Waals surface area contributed by atoms with Crippen molar-refractivity contribution >= 4 is 28.6 Å². The van der Waals surface area contributed by atoms with Crippen LogP contribution in [0, 0.1) is 6.92 Å². The molecule has 1 aliphatic heterocycles. The minimum absolute atomic E-state index is 0.250. The molecule has 1 aliphatic rings. The van der Waals surface area contributed by atoms with Gasteiger partial charge >= 0.3 is 0 Å². The van der Waals surface area contributed by atoms with Crippen LogP contribution in [-0.4, -0.2) is 65.2 Å². The van der Waals surface area contributed by atoms with Crippen molar-refractivity contribution in [3.8, 4) is 11.5 Å². The molecule has 1 amide bonds. The van der Waals surface area contributed by atoms with Crippen molar-refractivity contribution in [2.24, 2.45) is 7.05 Å². The molecule has 0 saturated carbocycles. The Morgan fingerprint density at radius 3 is 2.78 bits per heavy atom. The summed E-state index contributed by atoms with van der Waals surface area (Å²) in [5, 5.41) is 6.08. The Morgan fingerprint density at radius 2 is 1.97 bits per heavy atom. The highest BCUT2D eigenvalue weighted by molar-refractivity contribution is 5.95. The third kappa shape index (κ3) is 5.58. The van der Waals surface area contributed by atoms with Gasteiger partial charge in [0.15, 0.2) is 11.4 Å². The predicted molar refractivity (Wildman–Crippen MR) is 144 cm³/mol. The second kappa shape index (κ2) is 11.0. The first-order valence-corrected chi connectivity index (χ1v) is 12.5. The standard InChI is InChI=1S/C28H32N6O3/c1-19-9-11-30-25(27(35)29-2)26(19)37-22-7-8-24-23(18-22)32-28(33(24)3)31-21-6-4-5-20(17-21)10-12-34-13-15-36-16-14-34/h4-9,11,17-18H,10,12-16H2,1-3H3,(H,29,35)(H,31,32). The monoisotopic (exact) mass is 500 g/mol. The highest BCUT2D eigenvalue weighted by Gasteiger charge is 2.17. The van der Waals surface area contributed by atoms with Gasteiger partial charge in [0.1, 0.15) is 5.75 Å². The number of carbonyl (C=O) groups is 1. The van der Waals surface area contributed by atoms with E-state index in [1.807, 2.05) is 42.8 Å². The fourth-order valence-corrected chi connectivity index (χ4v) is 4.47. The van der Waals surface area contributed by atoms with E-state index in [2.05, 4.69) is 44.8 Å². The van der Waals surface area contributed by atoms with E-state index in [0.29, 0.717) is 11.5 Å². The number of hydrogen-bond acceptors (Lipinski definition) is 7. The molecule has 9 heteroatoms. The van der Waals surface area contributed by atoms with Crippen molar-refractivity contribution < 1.29 is 14.3 Å². The van der Waals surface area contributed by atoms with Gasteiger partial charge in [-0.15, -0.1) is 0 Å². The molecule has 2 N–H and O–H groups in total. The number of fused-ring (bicyclic) bond motifs is 1. The quantitative estimate of drug-likeness (QED) is 0.377. The zero-order valence-electron chi connectivity index (χ0n) is 21.5.